The zero-order valence-corrected chi connectivity index (χ0v) is 16.8. The van der Waals surface area contributed by atoms with Gasteiger partial charge in [-0.3, -0.25) is 19.7 Å². The number of rotatable bonds is 6. The molecule has 162 valence electrons. The molecule has 1 heterocycles. The Balaban J connectivity index is 1.71. The smallest absolute Gasteiger partial charge is 0.331 e. The topological polar surface area (TPSA) is 165 Å². The zero-order valence-electron chi connectivity index (χ0n) is 16.0. The van der Waals surface area contributed by atoms with Gasteiger partial charge in [0.2, 0.25) is 11.8 Å². The molecule has 0 aliphatic carbocycles. The van der Waals surface area contributed by atoms with E-state index in [1.165, 1.54) is 41.3 Å². The summed E-state index contributed by atoms with van der Waals surface area (Å²) in [5.74, 6) is -1.95. The van der Waals surface area contributed by atoms with Crippen LogP contribution in [0.15, 0.2) is 47.4 Å². The van der Waals surface area contributed by atoms with Crippen LogP contribution in [-0.2, 0) is 24.4 Å². The highest BCUT2D eigenvalue weighted by atomic mass is 32.2. The van der Waals surface area contributed by atoms with E-state index in [9.17, 15) is 32.9 Å². The van der Waals surface area contributed by atoms with Crippen LogP contribution in [0.1, 0.15) is 6.92 Å². The number of nitro benzene ring substituents is 1. The van der Waals surface area contributed by atoms with Gasteiger partial charge in [-0.1, -0.05) is 0 Å². The van der Waals surface area contributed by atoms with Crippen molar-refractivity contribution in [3.05, 3.63) is 52.6 Å². The first-order chi connectivity index (χ1) is 14.5. The maximum absolute atomic E-state index is 12.4. The van der Waals surface area contributed by atoms with Gasteiger partial charge in [-0.2, -0.15) is 0 Å². The van der Waals surface area contributed by atoms with Gasteiger partial charge < -0.3 is 15.0 Å². The van der Waals surface area contributed by atoms with Crippen LogP contribution >= 0.6 is 0 Å². The number of carbonyl (C=O) groups is 3. The minimum Gasteiger partial charge on any atom is -0.423 e. The molecule has 0 saturated carbocycles. The second kappa shape index (κ2) is 8.39. The maximum Gasteiger partial charge on any atom is 0.331 e. The van der Waals surface area contributed by atoms with Crippen molar-refractivity contribution in [2.24, 2.45) is 0 Å². The van der Waals surface area contributed by atoms with Crippen LogP contribution in [0.4, 0.5) is 17.1 Å². The molecule has 2 aromatic rings. The Hall–Kier alpha value is -4.00. The van der Waals surface area contributed by atoms with Gasteiger partial charge in [0, 0.05) is 18.7 Å². The number of carbonyl (C=O) groups excluding carboxylic acids is 3. The van der Waals surface area contributed by atoms with Crippen LogP contribution in [-0.4, -0.2) is 44.2 Å². The molecular weight excluding hydrogens is 432 g/mol. The second-order valence-electron chi connectivity index (χ2n) is 6.47. The van der Waals surface area contributed by atoms with Gasteiger partial charge >= 0.3 is 5.97 Å². The summed E-state index contributed by atoms with van der Waals surface area (Å²) >= 11 is 0. The number of nitro groups is 1. The molecule has 0 spiro atoms. The van der Waals surface area contributed by atoms with E-state index in [4.69, 9.17) is 4.74 Å². The molecule has 2 amide bonds. The van der Waals surface area contributed by atoms with Gasteiger partial charge in [-0.15, -0.1) is 0 Å². The third-order valence-electron chi connectivity index (χ3n) is 4.10. The Labute approximate surface area is 176 Å². The van der Waals surface area contributed by atoms with Crippen molar-refractivity contribution in [2.75, 3.05) is 23.3 Å². The first-order valence-corrected chi connectivity index (χ1v) is 10.2. The summed E-state index contributed by atoms with van der Waals surface area (Å²) < 4.78 is 30.7. The Morgan fingerprint density at radius 3 is 2.48 bits per heavy atom. The summed E-state index contributed by atoms with van der Waals surface area (Å²) in [6.45, 7) is 0.580. The lowest BCUT2D eigenvalue weighted by molar-refractivity contribution is -0.384. The van der Waals surface area contributed by atoms with Crippen LogP contribution in [0.2, 0.25) is 0 Å². The summed E-state index contributed by atoms with van der Waals surface area (Å²) in [6, 6.07) is 8.83. The van der Waals surface area contributed by atoms with E-state index in [2.05, 4.69) is 5.32 Å². The van der Waals surface area contributed by atoms with Crippen molar-refractivity contribution < 1.29 is 32.5 Å². The molecule has 1 aliphatic heterocycles. The van der Waals surface area contributed by atoms with Crippen LogP contribution in [0, 0.1) is 10.1 Å². The first-order valence-electron chi connectivity index (χ1n) is 8.72. The van der Waals surface area contributed by atoms with Crippen molar-refractivity contribution in [1.29, 1.82) is 0 Å². The average molecular weight is 448 g/mol. The largest absolute Gasteiger partial charge is 0.423 e. The second-order valence-corrected chi connectivity index (χ2v) is 8.16. The number of non-ortho nitro benzene ring substituents is 1. The monoisotopic (exact) mass is 448 g/mol. The van der Waals surface area contributed by atoms with Gasteiger partial charge in [-0.05, 0) is 30.3 Å². The SMILES string of the molecule is CC(=O)NS(=O)(=O)c1ccc(NC(=O)CN2CC(=O)Oc3cc([N+](=O)[O-])ccc32)cc1. The maximum atomic E-state index is 12.4. The summed E-state index contributed by atoms with van der Waals surface area (Å²) in [7, 11) is -4.00. The molecule has 12 nitrogen and oxygen atoms in total. The van der Waals surface area contributed by atoms with Crippen LogP contribution in [0.3, 0.4) is 0 Å². The van der Waals surface area contributed by atoms with Gasteiger partial charge in [0.05, 0.1) is 28.1 Å². The van der Waals surface area contributed by atoms with Crippen molar-refractivity contribution in [1.82, 2.24) is 4.72 Å². The minimum absolute atomic E-state index is 0.0224. The Morgan fingerprint density at radius 1 is 1.19 bits per heavy atom. The number of ether oxygens (including phenoxy) is 1. The molecule has 31 heavy (non-hydrogen) atoms. The average Bonchev–Trinajstić information content (AvgIpc) is 2.66. The summed E-state index contributed by atoms with van der Waals surface area (Å²) in [6.07, 6.45) is 0. The van der Waals surface area contributed by atoms with E-state index in [1.807, 2.05) is 4.72 Å². The number of fused-ring (bicyclic) bond motifs is 1. The molecule has 0 fully saturated rings. The number of nitrogens with zero attached hydrogens (tertiary/aromatic N) is 2. The first kappa shape index (κ1) is 21.7. The van der Waals surface area contributed by atoms with Gasteiger partial charge in [-0.25, -0.2) is 17.9 Å². The number of hydrogen-bond acceptors (Lipinski definition) is 9. The van der Waals surface area contributed by atoms with Gasteiger partial charge in [0.1, 0.15) is 6.54 Å². The fourth-order valence-electron chi connectivity index (χ4n) is 2.84. The normalized spacial score (nSPS) is 13.1. The number of sulfonamides is 1. The highest BCUT2D eigenvalue weighted by Crippen LogP contribution is 2.35. The van der Waals surface area contributed by atoms with Crippen LogP contribution in [0.25, 0.3) is 0 Å². The van der Waals surface area contributed by atoms with Crippen molar-refractivity contribution in [3.8, 4) is 5.75 Å². The summed E-state index contributed by atoms with van der Waals surface area (Å²) in [4.78, 5) is 46.7. The molecule has 2 aromatic carbocycles. The van der Waals surface area contributed by atoms with Crippen LogP contribution in [0.5, 0.6) is 5.75 Å². The Morgan fingerprint density at radius 2 is 1.87 bits per heavy atom. The predicted octanol–water partition coefficient (Wildman–Crippen LogP) is 0.784. The number of anilines is 2. The number of hydrogen-bond donors (Lipinski definition) is 2. The molecule has 0 atom stereocenters. The Bertz CT molecular complexity index is 1180. The molecule has 1 aliphatic rings. The fraction of sp³-hybridized carbons (Fsp3) is 0.167. The highest BCUT2D eigenvalue weighted by Gasteiger charge is 2.27. The lowest BCUT2D eigenvalue weighted by Gasteiger charge is -2.28. The number of nitrogens with one attached hydrogen (secondary N) is 2. The number of amides is 2. The van der Waals surface area contributed by atoms with Gasteiger partial charge in [0.25, 0.3) is 15.7 Å². The molecule has 3 rings (SSSR count). The highest BCUT2D eigenvalue weighted by molar-refractivity contribution is 7.90. The quantitative estimate of drug-likeness (QED) is 0.281. The molecular formula is C18H16N4O8S. The Kier molecular flexibility index (Phi) is 5.88. The lowest BCUT2D eigenvalue weighted by atomic mass is 10.2. The standard InChI is InChI=1S/C18H16N4O8S/c1-11(23)20-31(28,29)14-5-2-12(3-6-14)19-17(24)9-21-10-18(25)30-16-8-13(22(26)27)4-7-15(16)21/h2-8H,9-10H2,1H3,(H,19,24)(H,20,23). The molecule has 13 heteroatoms. The van der Waals surface area contributed by atoms with Crippen molar-refractivity contribution in [3.63, 3.8) is 0 Å². The lowest BCUT2D eigenvalue weighted by Crippen LogP contribution is -2.41. The van der Waals surface area contributed by atoms with E-state index in [-0.39, 0.29) is 35.1 Å². The summed E-state index contributed by atoms with van der Waals surface area (Å²) in [5.41, 5.74) is 0.375. The fourth-order valence-corrected chi connectivity index (χ4v) is 3.83. The van der Waals surface area contributed by atoms with E-state index in [0.29, 0.717) is 5.69 Å². The van der Waals surface area contributed by atoms with E-state index in [1.54, 1.807) is 0 Å². The molecule has 2 N–H and O–H groups in total. The predicted molar refractivity (Wildman–Crippen MR) is 107 cm³/mol. The molecule has 0 saturated heterocycles. The summed E-state index contributed by atoms with van der Waals surface area (Å²) in [5, 5.41) is 13.5. The van der Waals surface area contributed by atoms with Crippen molar-refractivity contribution in [2.45, 2.75) is 11.8 Å². The third kappa shape index (κ3) is 5.14. The molecule has 0 aromatic heterocycles. The minimum atomic E-state index is -4.00. The van der Waals surface area contributed by atoms with Crippen LogP contribution < -0.4 is 19.7 Å². The van der Waals surface area contributed by atoms with Crippen molar-refractivity contribution >= 4 is 44.9 Å². The number of benzene rings is 2. The molecule has 0 bridgehead atoms. The van der Waals surface area contributed by atoms with E-state index >= 15 is 0 Å². The zero-order chi connectivity index (χ0) is 22.8. The molecule has 0 unspecified atom stereocenters. The molecule has 0 radical (unpaired) electrons. The third-order valence-corrected chi connectivity index (χ3v) is 5.55. The van der Waals surface area contributed by atoms with E-state index in [0.717, 1.165) is 13.0 Å². The van der Waals surface area contributed by atoms with E-state index < -0.39 is 32.7 Å². The van der Waals surface area contributed by atoms with Gasteiger partial charge in [0.15, 0.2) is 5.75 Å². The number of esters is 1.